The Morgan fingerprint density at radius 3 is 2.42 bits per heavy atom. The molecule has 0 aliphatic heterocycles. The summed E-state index contributed by atoms with van der Waals surface area (Å²) in [7, 11) is 3.89. The van der Waals surface area contributed by atoms with Gasteiger partial charge in [-0.15, -0.1) is 0 Å². The summed E-state index contributed by atoms with van der Waals surface area (Å²) in [6.45, 7) is 10.4. The van der Waals surface area contributed by atoms with Crippen LogP contribution in [-0.2, 0) is 0 Å². The zero-order valence-electron chi connectivity index (χ0n) is 13.2. The van der Waals surface area contributed by atoms with Crippen LogP contribution < -0.4 is 15.4 Å². The molecule has 0 heterocycles. The van der Waals surface area contributed by atoms with E-state index in [0.29, 0.717) is 5.92 Å². The predicted octanol–water partition coefficient (Wildman–Crippen LogP) is 3.04. The number of nitrogens with zero attached hydrogens (tertiary/aromatic N) is 1. The van der Waals surface area contributed by atoms with Gasteiger partial charge in [-0.2, -0.15) is 0 Å². The van der Waals surface area contributed by atoms with Crippen molar-refractivity contribution in [2.45, 2.75) is 34.1 Å². The lowest BCUT2D eigenvalue weighted by atomic mass is 10.0. The summed E-state index contributed by atoms with van der Waals surface area (Å²) in [5.41, 5.74) is 10.7. The summed E-state index contributed by atoms with van der Waals surface area (Å²) in [5, 5.41) is 0. The number of nitrogens with two attached hydrogens (primary N) is 1. The Bertz CT molecular complexity index is 429. The van der Waals surface area contributed by atoms with Gasteiger partial charge in [0.2, 0.25) is 0 Å². The molecule has 3 heteroatoms. The minimum absolute atomic E-state index is 0.572. The van der Waals surface area contributed by atoms with E-state index in [9.17, 15) is 0 Å². The van der Waals surface area contributed by atoms with Gasteiger partial charge in [-0.3, -0.25) is 0 Å². The Labute approximate surface area is 117 Å². The summed E-state index contributed by atoms with van der Waals surface area (Å²) in [4.78, 5) is 2.32. The number of benzene rings is 1. The van der Waals surface area contributed by atoms with E-state index in [2.05, 4.69) is 45.7 Å². The number of aryl methyl sites for hydroxylation is 1. The van der Waals surface area contributed by atoms with Gasteiger partial charge in [-0.25, -0.2) is 0 Å². The highest BCUT2D eigenvalue weighted by Gasteiger charge is 2.13. The number of hydrogen-bond donors (Lipinski definition) is 1. The lowest BCUT2D eigenvalue weighted by Crippen LogP contribution is -2.24. The largest absolute Gasteiger partial charge is 0.496 e. The van der Waals surface area contributed by atoms with Gasteiger partial charge in [0.15, 0.2) is 0 Å². The first-order valence-electron chi connectivity index (χ1n) is 6.98. The second kappa shape index (κ2) is 6.80. The standard InChI is InChI=1S/C16H28N2O/c1-11(10-17)7-8-18(5)15-9-12(2)16(19-6)14(4)13(15)3/h9,11H,7-8,10,17H2,1-6H3. The Hall–Kier alpha value is -1.22. The second-order valence-electron chi connectivity index (χ2n) is 5.55. The molecule has 1 aromatic carbocycles. The first-order valence-corrected chi connectivity index (χ1v) is 6.98. The van der Waals surface area contributed by atoms with Crippen LogP contribution in [0.25, 0.3) is 0 Å². The van der Waals surface area contributed by atoms with E-state index < -0.39 is 0 Å². The molecule has 108 valence electrons. The van der Waals surface area contributed by atoms with Crippen LogP contribution in [-0.4, -0.2) is 27.2 Å². The fraction of sp³-hybridized carbons (Fsp3) is 0.625. The molecule has 0 saturated heterocycles. The molecule has 19 heavy (non-hydrogen) atoms. The van der Waals surface area contributed by atoms with Gasteiger partial charge < -0.3 is 15.4 Å². The molecule has 0 amide bonds. The van der Waals surface area contributed by atoms with Gasteiger partial charge >= 0.3 is 0 Å². The topological polar surface area (TPSA) is 38.5 Å². The number of rotatable bonds is 6. The van der Waals surface area contributed by atoms with Crippen LogP contribution in [0.5, 0.6) is 5.75 Å². The van der Waals surface area contributed by atoms with E-state index in [1.165, 1.54) is 22.4 Å². The van der Waals surface area contributed by atoms with E-state index >= 15 is 0 Å². The smallest absolute Gasteiger partial charge is 0.125 e. The normalized spacial score (nSPS) is 12.4. The molecule has 1 atom stereocenters. The van der Waals surface area contributed by atoms with Crippen molar-refractivity contribution in [1.82, 2.24) is 0 Å². The van der Waals surface area contributed by atoms with Crippen molar-refractivity contribution in [2.24, 2.45) is 11.7 Å². The SMILES string of the molecule is COc1c(C)cc(N(C)CCC(C)CN)c(C)c1C. The molecule has 3 nitrogen and oxygen atoms in total. The quantitative estimate of drug-likeness (QED) is 0.858. The maximum atomic E-state index is 5.68. The van der Waals surface area contributed by atoms with Crippen LogP contribution in [0.4, 0.5) is 5.69 Å². The Morgan fingerprint density at radius 2 is 1.89 bits per heavy atom. The van der Waals surface area contributed by atoms with Crippen molar-refractivity contribution in [1.29, 1.82) is 0 Å². The van der Waals surface area contributed by atoms with E-state index in [1.54, 1.807) is 7.11 Å². The summed E-state index contributed by atoms with van der Waals surface area (Å²) in [5.74, 6) is 1.58. The molecule has 1 rings (SSSR count). The van der Waals surface area contributed by atoms with Gasteiger partial charge in [0, 0.05) is 19.3 Å². The number of methoxy groups -OCH3 is 1. The molecule has 0 bridgehead atoms. The molecule has 0 aromatic heterocycles. The van der Waals surface area contributed by atoms with Crippen molar-refractivity contribution in [3.8, 4) is 5.75 Å². The van der Waals surface area contributed by atoms with Crippen molar-refractivity contribution in [3.05, 3.63) is 22.8 Å². The van der Waals surface area contributed by atoms with Gasteiger partial charge in [-0.1, -0.05) is 6.92 Å². The third kappa shape index (κ3) is 3.63. The molecule has 2 N–H and O–H groups in total. The van der Waals surface area contributed by atoms with E-state index in [4.69, 9.17) is 10.5 Å². The fourth-order valence-corrected chi connectivity index (χ4v) is 2.40. The molecular formula is C16H28N2O. The van der Waals surface area contributed by atoms with Crippen molar-refractivity contribution in [3.63, 3.8) is 0 Å². The predicted molar refractivity (Wildman–Crippen MR) is 83.3 cm³/mol. The third-order valence-electron chi connectivity index (χ3n) is 3.97. The zero-order chi connectivity index (χ0) is 14.6. The molecule has 0 aliphatic carbocycles. The molecule has 1 unspecified atom stereocenters. The van der Waals surface area contributed by atoms with Crippen molar-refractivity contribution < 1.29 is 4.74 Å². The molecule has 0 aliphatic rings. The summed E-state index contributed by atoms with van der Waals surface area (Å²) >= 11 is 0. The maximum absolute atomic E-state index is 5.68. The average molecular weight is 264 g/mol. The van der Waals surface area contributed by atoms with E-state index in [1.807, 2.05) is 0 Å². The molecule has 0 saturated carbocycles. The van der Waals surface area contributed by atoms with Gasteiger partial charge in [0.25, 0.3) is 0 Å². The van der Waals surface area contributed by atoms with Crippen LogP contribution in [0.1, 0.15) is 30.0 Å². The molecule has 0 radical (unpaired) electrons. The minimum Gasteiger partial charge on any atom is -0.496 e. The summed E-state index contributed by atoms with van der Waals surface area (Å²) < 4.78 is 5.47. The first kappa shape index (κ1) is 15.8. The van der Waals surface area contributed by atoms with E-state index in [-0.39, 0.29) is 0 Å². The lowest BCUT2D eigenvalue weighted by molar-refractivity contribution is 0.408. The number of anilines is 1. The molecule has 0 fully saturated rings. The van der Waals surface area contributed by atoms with Crippen LogP contribution in [0, 0.1) is 26.7 Å². The highest BCUT2D eigenvalue weighted by molar-refractivity contribution is 5.62. The Morgan fingerprint density at radius 1 is 1.26 bits per heavy atom. The summed E-state index contributed by atoms with van der Waals surface area (Å²) in [6, 6.07) is 2.22. The Balaban J connectivity index is 2.95. The molecule has 1 aromatic rings. The highest BCUT2D eigenvalue weighted by Crippen LogP contribution is 2.33. The first-order chi connectivity index (χ1) is 8.92. The van der Waals surface area contributed by atoms with Crippen LogP contribution in [0.2, 0.25) is 0 Å². The monoisotopic (exact) mass is 264 g/mol. The molecular weight excluding hydrogens is 236 g/mol. The fourth-order valence-electron chi connectivity index (χ4n) is 2.40. The van der Waals surface area contributed by atoms with Crippen LogP contribution in [0.15, 0.2) is 6.07 Å². The number of hydrogen-bond acceptors (Lipinski definition) is 3. The third-order valence-corrected chi connectivity index (χ3v) is 3.97. The second-order valence-corrected chi connectivity index (χ2v) is 5.55. The van der Waals surface area contributed by atoms with E-state index in [0.717, 1.165) is 25.3 Å². The minimum atomic E-state index is 0.572. The van der Waals surface area contributed by atoms with Crippen LogP contribution in [0.3, 0.4) is 0 Å². The van der Waals surface area contributed by atoms with Gasteiger partial charge in [-0.05, 0) is 62.4 Å². The Kier molecular flexibility index (Phi) is 5.67. The van der Waals surface area contributed by atoms with Gasteiger partial charge in [0.1, 0.15) is 5.75 Å². The summed E-state index contributed by atoms with van der Waals surface area (Å²) in [6.07, 6.45) is 1.12. The zero-order valence-corrected chi connectivity index (χ0v) is 13.2. The molecule has 0 spiro atoms. The maximum Gasteiger partial charge on any atom is 0.125 e. The van der Waals surface area contributed by atoms with Gasteiger partial charge in [0.05, 0.1) is 7.11 Å². The van der Waals surface area contributed by atoms with Crippen LogP contribution >= 0.6 is 0 Å². The number of ether oxygens (including phenoxy) is 1. The van der Waals surface area contributed by atoms with Crippen molar-refractivity contribution in [2.75, 3.05) is 32.1 Å². The van der Waals surface area contributed by atoms with Crippen molar-refractivity contribution >= 4 is 5.69 Å². The highest BCUT2D eigenvalue weighted by atomic mass is 16.5. The lowest BCUT2D eigenvalue weighted by Gasteiger charge is -2.25. The average Bonchev–Trinajstić information content (AvgIpc) is 2.40.